The molecule has 19 heavy (non-hydrogen) atoms. The largest absolute Gasteiger partial charge is 0.315 e. The number of H-pyrrole nitrogens is 1. The van der Waals surface area contributed by atoms with E-state index in [0.717, 1.165) is 31.7 Å². The van der Waals surface area contributed by atoms with Gasteiger partial charge in [-0.15, -0.1) is 0 Å². The highest BCUT2D eigenvalue weighted by Gasteiger charge is 2.07. The van der Waals surface area contributed by atoms with E-state index in [2.05, 4.69) is 53.4 Å². The average molecular weight is 260 g/mol. The van der Waals surface area contributed by atoms with Crippen molar-refractivity contribution in [2.24, 2.45) is 5.92 Å². The second-order valence-electron chi connectivity index (χ2n) is 5.56. The SMILES string of the molecule is CC(C)CNCCN(C)Cc1[nH]nc2ccccc12. The van der Waals surface area contributed by atoms with Crippen molar-refractivity contribution in [3.05, 3.63) is 30.0 Å². The highest BCUT2D eigenvalue weighted by molar-refractivity contribution is 5.81. The number of nitrogens with zero attached hydrogens (tertiary/aromatic N) is 2. The van der Waals surface area contributed by atoms with E-state index in [4.69, 9.17) is 0 Å². The molecule has 0 amide bonds. The first-order valence-corrected chi connectivity index (χ1v) is 6.98. The van der Waals surface area contributed by atoms with Gasteiger partial charge in [0.15, 0.2) is 0 Å². The first-order valence-electron chi connectivity index (χ1n) is 6.98. The van der Waals surface area contributed by atoms with Crippen LogP contribution in [0.1, 0.15) is 19.5 Å². The van der Waals surface area contributed by atoms with Crippen LogP contribution in [0.25, 0.3) is 10.9 Å². The van der Waals surface area contributed by atoms with Crippen LogP contribution in [0.2, 0.25) is 0 Å². The molecule has 0 unspecified atom stereocenters. The van der Waals surface area contributed by atoms with Crippen molar-refractivity contribution >= 4 is 10.9 Å². The summed E-state index contributed by atoms with van der Waals surface area (Å²) in [5, 5.41) is 12.2. The molecule has 0 bridgehead atoms. The second-order valence-corrected chi connectivity index (χ2v) is 5.56. The van der Waals surface area contributed by atoms with E-state index in [0.29, 0.717) is 5.92 Å². The van der Waals surface area contributed by atoms with Gasteiger partial charge in [0.25, 0.3) is 0 Å². The molecular formula is C15H24N4. The minimum absolute atomic E-state index is 0.710. The second kappa shape index (κ2) is 6.68. The van der Waals surface area contributed by atoms with Gasteiger partial charge in [0.05, 0.1) is 11.2 Å². The number of benzene rings is 1. The van der Waals surface area contributed by atoms with Crippen LogP contribution in [0.15, 0.2) is 24.3 Å². The van der Waals surface area contributed by atoms with E-state index in [9.17, 15) is 0 Å². The van der Waals surface area contributed by atoms with Crippen LogP contribution in [0.4, 0.5) is 0 Å². The monoisotopic (exact) mass is 260 g/mol. The zero-order chi connectivity index (χ0) is 13.7. The predicted molar refractivity (Wildman–Crippen MR) is 80.1 cm³/mol. The van der Waals surface area contributed by atoms with Crippen molar-refractivity contribution in [2.45, 2.75) is 20.4 Å². The van der Waals surface area contributed by atoms with Gasteiger partial charge in [-0.1, -0.05) is 32.0 Å². The lowest BCUT2D eigenvalue weighted by Gasteiger charge is -2.16. The van der Waals surface area contributed by atoms with E-state index < -0.39 is 0 Å². The molecule has 2 rings (SSSR count). The van der Waals surface area contributed by atoms with Gasteiger partial charge in [0.1, 0.15) is 0 Å². The summed E-state index contributed by atoms with van der Waals surface area (Å²) in [4.78, 5) is 2.31. The molecule has 1 aromatic carbocycles. The molecule has 0 aliphatic carbocycles. The number of rotatable bonds is 7. The van der Waals surface area contributed by atoms with Crippen molar-refractivity contribution in [3.63, 3.8) is 0 Å². The first-order chi connectivity index (χ1) is 9.16. The number of para-hydroxylation sites is 1. The molecule has 4 nitrogen and oxygen atoms in total. The Bertz CT molecular complexity index is 504. The quantitative estimate of drug-likeness (QED) is 0.750. The van der Waals surface area contributed by atoms with Gasteiger partial charge in [-0.3, -0.25) is 10.00 Å². The fraction of sp³-hybridized carbons (Fsp3) is 0.533. The third-order valence-electron chi connectivity index (χ3n) is 3.19. The van der Waals surface area contributed by atoms with Crippen molar-refractivity contribution in [2.75, 3.05) is 26.7 Å². The number of aromatic amines is 1. The summed E-state index contributed by atoms with van der Waals surface area (Å²) in [6.07, 6.45) is 0. The van der Waals surface area contributed by atoms with E-state index in [-0.39, 0.29) is 0 Å². The minimum atomic E-state index is 0.710. The van der Waals surface area contributed by atoms with Gasteiger partial charge in [-0.05, 0) is 25.6 Å². The molecule has 0 aliphatic heterocycles. The van der Waals surface area contributed by atoms with Crippen LogP contribution in [-0.4, -0.2) is 41.8 Å². The lowest BCUT2D eigenvalue weighted by atomic mass is 10.2. The Kier molecular flexibility index (Phi) is 4.93. The van der Waals surface area contributed by atoms with Crippen LogP contribution in [0.3, 0.4) is 0 Å². The summed E-state index contributed by atoms with van der Waals surface area (Å²) in [6.45, 7) is 8.52. The Morgan fingerprint density at radius 1 is 1.32 bits per heavy atom. The molecule has 0 aliphatic rings. The molecule has 0 radical (unpaired) electrons. The van der Waals surface area contributed by atoms with Crippen molar-refractivity contribution in [1.29, 1.82) is 0 Å². The van der Waals surface area contributed by atoms with Crippen LogP contribution in [0, 0.1) is 5.92 Å². The Morgan fingerprint density at radius 2 is 2.11 bits per heavy atom. The fourth-order valence-corrected chi connectivity index (χ4v) is 2.14. The number of aromatic nitrogens is 2. The van der Waals surface area contributed by atoms with Crippen LogP contribution < -0.4 is 5.32 Å². The van der Waals surface area contributed by atoms with Gasteiger partial charge < -0.3 is 5.32 Å². The average Bonchev–Trinajstić information content (AvgIpc) is 2.78. The summed E-state index contributed by atoms with van der Waals surface area (Å²) in [5.74, 6) is 0.710. The molecule has 0 fully saturated rings. The molecule has 0 atom stereocenters. The van der Waals surface area contributed by atoms with E-state index in [1.165, 1.54) is 11.1 Å². The third kappa shape index (κ3) is 4.04. The molecule has 1 aromatic heterocycles. The van der Waals surface area contributed by atoms with E-state index >= 15 is 0 Å². The highest BCUT2D eigenvalue weighted by Crippen LogP contribution is 2.15. The molecule has 1 heterocycles. The van der Waals surface area contributed by atoms with E-state index in [1.807, 2.05) is 12.1 Å². The van der Waals surface area contributed by atoms with E-state index in [1.54, 1.807) is 0 Å². The highest BCUT2D eigenvalue weighted by atomic mass is 15.2. The number of nitrogens with one attached hydrogen (secondary N) is 2. The lowest BCUT2D eigenvalue weighted by molar-refractivity contribution is 0.319. The summed E-state index contributed by atoms with van der Waals surface area (Å²) < 4.78 is 0. The first kappa shape index (κ1) is 14.0. The summed E-state index contributed by atoms with van der Waals surface area (Å²) in [7, 11) is 2.15. The minimum Gasteiger partial charge on any atom is -0.315 e. The summed E-state index contributed by atoms with van der Waals surface area (Å²) >= 11 is 0. The number of likely N-dealkylation sites (N-methyl/N-ethyl adjacent to an activating group) is 1. The molecule has 0 saturated carbocycles. The topological polar surface area (TPSA) is 44.0 Å². The molecule has 4 heteroatoms. The number of hydrogen-bond acceptors (Lipinski definition) is 3. The van der Waals surface area contributed by atoms with Crippen LogP contribution in [-0.2, 0) is 6.54 Å². The van der Waals surface area contributed by atoms with Crippen molar-refractivity contribution in [1.82, 2.24) is 20.4 Å². The smallest absolute Gasteiger partial charge is 0.0924 e. The number of fused-ring (bicyclic) bond motifs is 1. The van der Waals surface area contributed by atoms with Gasteiger partial charge in [0.2, 0.25) is 0 Å². The Labute approximate surface area is 115 Å². The summed E-state index contributed by atoms with van der Waals surface area (Å²) in [6, 6.07) is 8.25. The standard InChI is InChI=1S/C15H24N4/c1-12(2)10-16-8-9-19(3)11-15-13-6-4-5-7-14(13)17-18-15/h4-7,12,16H,8-11H2,1-3H3,(H,17,18). The van der Waals surface area contributed by atoms with Gasteiger partial charge in [-0.25, -0.2) is 0 Å². The van der Waals surface area contributed by atoms with Crippen molar-refractivity contribution in [3.8, 4) is 0 Å². The van der Waals surface area contributed by atoms with Gasteiger partial charge >= 0.3 is 0 Å². The van der Waals surface area contributed by atoms with Gasteiger partial charge in [0, 0.05) is 25.0 Å². The summed E-state index contributed by atoms with van der Waals surface area (Å²) in [5.41, 5.74) is 2.24. The molecule has 0 spiro atoms. The zero-order valence-corrected chi connectivity index (χ0v) is 12.1. The maximum absolute atomic E-state index is 4.32. The molecule has 2 aromatic rings. The zero-order valence-electron chi connectivity index (χ0n) is 12.1. The molecule has 104 valence electrons. The Hall–Kier alpha value is -1.39. The third-order valence-corrected chi connectivity index (χ3v) is 3.19. The molecule has 0 saturated heterocycles. The van der Waals surface area contributed by atoms with Gasteiger partial charge in [-0.2, -0.15) is 5.10 Å². The number of hydrogen-bond donors (Lipinski definition) is 2. The normalized spacial score (nSPS) is 11.8. The molecule has 2 N–H and O–H groups in total. The maximum atomic E-state index is 4.32. The Balaban J connectivity index is 1.83. The fourth-order valence-electron chi connectivity index (χ4n) is 2.14. The molecular weight excluding hydrogens is 236 g/mol. The van der Waals surface area contributed by atoms with Crippen molar-refractivity contribution < 1.29 is 0 Å². The maximum Gasteiger partial charge on any atom is 0.0924 e. The predicted octanol–water partition coefficient (Wildman–Crippen LogP) is 2.24. The Morgan fingerprint density at radius 3 is 2.89 bits per heavy atom. The lowest BCUT2D eigenvalue weighted by Crippen LogP contribution is -2.31. The van der Waals surface area contributed by atoms with Crippen LogP contribution >= 0.6 is 0 Å². The van der Waals surface area contributed by atoms with Crippen LogP contribution in [0.5, 0.6) is 0 Å².